The number of anilines is 1. The van der Waals surface area contributed by atoms with Crippen LogP contribution in [0.3, 0.4) is 0 Å². The van der Waals surface area contributed by atoms with Crippen LogP contribution in [0.2, 0.25) is 0 Å². The summed E-state index contributed by atoms with van der Waals surface area (Å²) in [5.74, 6) is -0.183. The number of hydrogen-bond acceptors (Lipinski definition) is 3. The van der Waals surface area contributed by atoms with Crippen LogP contribution in [-0.4, -0.2) is 18.3 Å². The number of fused-ring (bicyclic) bond motifs is 1. The largest absolute Gasteiger partial charge is 0.483 e. The van der Waals surface area contributed by atoms with E-state index in [4.69, 9.17) is 4.74 Å². The van der Waals surface area contributed by atoms with Gasteiger partial charge in [0.15, 0.2) is 12.4 Å². The lowest BCUT2D eigenvalue weighted by Gasteiger charge is -2.14. The van der Waals surface area contributed by atoms with Gasteiger partial charge >= 0.3 is 0 Å². The quantitative estimate of drug-likeness (QED) is 0.909. The van der Waals surface area contributed by atoms with Crippen molar-refractivity contribution >= 4 is 17.4 Å². The summed E-state index contributed by atoms with van der Waals surface area (Å²) in [6.45, 7) is 5.52. The SMILES string of the molecule is Cc1ccc(F)cc1NC(=O)COc1ccc(C)c2c1C(=O)CC2C. The summed E-state index contributed by atoms with van der Waals surface area (Å²) in [6.07, 6.45) is 0.464. The normalized spacial score (nSPS) is 15.8. The second-order valence-corrected chi connectivity index (χ2v) is 6.49. The van der Waals surface area contributed by atoms with E-state index in [1.807, 2.05) is 19.9 Å². The minimum atomic E-state index is -0.419. The monoisotopic (exact) mass is 341 g/mol. The summed E-state index contributed by atoms with van der Waals surface area (Å²) in [7, 11) is 0. The molecule has 4 nitrogen and oxygen atoms in total. The molecular formula is C20H20FNO3. The van der Waals surface area contributed by atoms with Crippen LogP contribution in [0.25, 0.3) is 0 Å². The van der Waals surface area contributed by atoms with E-state index in [2.05, 4.69) is 5.32 Å². The Morgan fingerprint density at radius 2 is 1.96 bits per heavy atom. The Balaban J connectivity index is 1.73. The Hall–Kier alpha value is -2.69. The number of halogens is 1. The van der Waals surface area contributed by atoms with Crippen LogP contribution < -0.4 is 10.1 Å². The van der Waals surface area contributed by atoms with Crippen LogP contribution in [0.5, 0.6) is 5.75 Å². The first kappa shape index (κ1) is 17.1. The van der Waals surface area contributed by atoms with Gasteiger partial charge in [-0.05, 0) is 54.7 Å². The smallest absolute Gasteiger partial charge is 0.262 e. The molecule has 0 radical (unpaired) electrons. The Morgan fingerprint density at radius 1 is 1.24 bits per heavy atom. The molecule has 1 aliphatic rings. The summed E-state index contributed by atoms with van der Waals surface area (Å²) in [4.78, 5) is 24.4. The van der Waals surface area contributed by atoms with Crippen molar-refractivity contribution in [2.45, 2.75) is 33.1 Å². The number of ketones is 1. The molecule has 2 aromatic carbocycles. The molecule has 1 amide bonds. The van der Waals surface area contributed by atoms with Crippen LogP contribution in [0.15, 0.2) is 30.3 Å². The van der Waals surface area contributed by atoms with Crippen molar-refractivity contribution in [3.05, 3.63) is 58.4 Å². The van der Waals surface area contributed by atoms with Crippen LogP contribution in [0.4, 0.5) is 10.1 Å². The molecule has 0 saturated heterocycles. The minimum Gasteiger partial charge on any atom is -0.483 e. The van der Waals surface area contributed by atoms with Gasteiger partial charge in [-0.25, -0.2) is 4.39 Å². The predicted molar refractivity (Wildman–Crippen MR) is 93.8 cm³/mol. The standard InChI is InChI=1S/C20H20FNO3/c1-11-4-6-14(21)9-15(11)22-18(24)10-25-17-7-5-12(2)19-13(3)8-16(23)20(17)19/h4-7,9,13H,8,10H2,1-3H3,(H,22,24). The molecule has 0 heterocycles. The minimum absolute atomic E-state index is 0.0441. The number of Topliss-reactive ketones (excluding diaryl/α,β-unsaturated/α-hetero) is 1. The van der Waals surface area contributed by atoms with E-state index in [1.54, 1.807) is 19.1 Å². The van der Waals surface area contributed by atoms with E-state index >= 15 is 0 Å². The fraction of sp³-hybridized carbons (Fsp3) is 0.300. The van der Waals surface area contributed by atoms with Crippen molar-refractivity contribution in [1.82, 2.24) is 0 Å². The molecule has 25 heavy (non-hydrogen) atoms. The first-order valence-electron chi connectivity index (χ1n) is 8.22. The fourth-order valence-corrected chi connectivity index (χ4v) is 3.29. The summed E-state index contributed by atoms with van der Waals surface area (Å²) < 4.78 is 18.9. The zero-order valence-electron chi connectivity index (χ0n) is 14.5. The van der Waals surface area contributed by atoms with E-state index in [9.17, 15) is 14.0 Å². The van der Waals surface area contributed by atoms with E-state index in [0.717, 1.165) is 16.7 Å². The van der Waals surface area contributed by atoms with Gasteiger partial charge in [0.25, 0.3) is 5.91 Å². The average Bonchev–Trinajstić information content (AvgIpc) is 2.86. The number of amides is 1. The number of ether oxygens (including phenoxy) is 1. The molecular weight excluding hydrogens is 321 g/mol. The molecule has 1 N–H and O–H groups in total. The highest BCUT2D eigenvalue weighted by atomic mass is 19.1. The highest BCUT2D eigenvalue weighted by Gasteiger charge is 2.31. The Bertz CT molecular complexity index is 860. The highest BCUT2D eigenvalue weighted by Crippen LogP contribution is 2.40. The molecule has 2 aromatic rings. The van der Waals surface area contributed by atoms with E-state index in [0.29, 0.717) is 23.4 Å². The molecule has 0 saturated carbocycles. The number of benzene rings is 2. The predicted octanol–water partition coefficient (Wildman–Crippen LogP) is 4.15. The maximum absolute atomic E-state index is 13.3. The zero-order chi connectivity index (χ0) is 18.1. The van der Waals surface area contributed by atoms with Gasteiger partial charge in [-0.1, -0.05) is 19.1 Å². The molecule has 0 spiro atoms. The third kappa shape index (κ3) is 3.40. The zero-order valence-corrected chi connectivity index (χ0v) is 14.5. The van der Waals surface area contributed by atoms with Crippen LogP contribution >= 0.6 is 0 Å². The molecule has 1 atom stereocenters. The Morgan fingerprint density at radius 3 is 2.72 bits per heavy atom. The molecule has 0 aliphatic heterocycles. The number of aryl methyl sites for hydroxylation is 2. The number of nitrogens with one attached hydrogen (secondary N) is 1. The molecule has 1 unspecified atom stereocenters. The lowest BCUT2D eigenvalue weighted by molar-refractivity contribution is -0.118. The van der Waals surface area contributed by atoms with Crippen molar-refractivity contribution in [2.24, 2.45) is 0 Å². The maximum Gasteiger partial charge on any atom is 0.262 e. The number of rotatable bonds is 4. The van der Waals surface area contributed by atoms with Crippen LogP contribution in [0, 0.1) is 19.7 Å². The van der Waals surface area contributed by atoms with E-state index in [1.165, 1.54) is 12.1 Å². The van der Waals surface area contributed by atoms with E-state index in [-0.39, 0.29) is 18.3 Å². The van der Waals surface area contributed by atoms with Crippen LogP contribution in [-0.2, 0) is 4.79 Å². The molecule has 130 valence electrons. The van der Waals surface area contributed by atoms with E-state index < -0.39 is 11.7 Å². The molecule has 0 bridgehead atoms. The van der Waals surface area contributed by atoms with Gasteiger partial charge in [-0.15, -0.1) is 0 Å². The Labute approximate surface area is 146 Å². The molecule has 3 rings (SSSR count). The number of hydrogen-bond donors (Lipinski definition) is 1. The van der Waals surface area contributed by atoms with Gasteiger partial charge in [-0.3, -0.25) is 9.59 Å². The van der Waals surface area contributed by atoms with Crippen molar-refractivity contribution in [3.8, 4) is 5.75 Å². The van der Waals surface area contributed by atoms with Gasteiger partial charge < -0.3 is 10.1 Å². The van der Waals surface area contributed by atoms with Crippen molar-refractivity contribution in [1.29, 1.82) is 0 Å². The van der Waals surface area contributed by atoms with Gasteiger partial charge in [-0.2, -0.15) is 0 Å². The van der Waals surface area contributed by atoms with Gasteiger partial charge in [0.1, 0.15) is 11.6 Å². The summed E-state index contributed by atoms with van der Waals surface area (Å²) in [6, 6.07) is 7.83. The lowest BCUT2D eigenvalue weighted by atomic mass is 9.97. The maximum atomic E-state index is 13.3. The Kier molecular flexibility index (Phi) is 4.57. The average molecular weight is 341 g/mol. The van der Waals surface area contributed by atoms with Crippen molar-refractivity contribution in [3.63, 3.8) is 0 Å². The third-order valence-electron chi connectivity index (χ3n) is 4.52. The second-order valence-electron chi connectivity index (χ2n) is 6.49. The number of carbonyl (C=O) groups is 2. The van der Waals surface area contributed by atoms with Crippen LogP contribution in [0.1, 0.15) is 46.3 Å². The lowest BCUT2D eigenvalue weighted by Crippen LogP contribution is -2.21. The first-order chi connectivity index (χ1) is 11.9. The highest BCUT2D eigenvalue weighted by molar-refractivity contribution is 6.04. The second kappa shape index (κ2) is 6.67. The van der Waals surface area contributed by atoms with Gasteiger partial charge in [0.05, 0.1) is 5.56 Å². The molecule has 1 aliphatic carbocycles. The van der Waals surface area contributed by atoms with Gasteiger partial charge in [0, 0.05) is 12.1 Å². The first-order valence-corrected chi connectivity index (χ1v) is 8.22. The van der Waals surface area contributed by atoms with Crippen molar-refractivity contribution < 1.29 is 18.7 Å². The van der Waals surface area contributed by atoms with Crippen molar-refractivity contribution in [2.75, 3.05) is 11.9 Å². The van der Waals surface area contributed by atoms with Gasteiger partial charge in [0.2, 0.25) is 0 Å². The topological polar surface area (TPSA) is 55.4 Å². The third-order valence-corrected chi connectivity index (χ3v) is 4.52. The molecule has 0 aromatic heterocycles. The summed E-state index contributed by atoms with van der Waals surface area (Å²) >= 11 is 0. The fourth-order valence-electron chi connectivity index (χ4n) is 3.29. The summed E-state index contributed by atoms with van der Waals surface area (Å²) in [5, 5.41) is 2.63. The molecule has 5 heteroatoms. The number of carbonyl (C=O) groups excluding carboxylic acids is 2. The summed E-state index contributed by atoms with van der Waals surface area (Å²) in [5.41, 5.74) is 3.81. The molecule has 0 fully saturated rings.